The number of imide groups is 2. The number of aromatic nitrogens is 2. The van der Waals surface area contributed by atoms with Gasteiger partial charge in [0.15, 0.2) is 11.6 Å². The maximum Gasteiger partial charge on any atom is 0.433 e. The van der Waals surface area contributed by atoms with E-state index in [0.717, 1.165) is 29.2 Å². The Hall–Kier alpha value is -4.94. The van der Waals surface area contributed by atoms with Crippen LogP contribution in [0.1, 0.15) is 35.7 Å². The highest BCUT2D eigenvalue weighted by Crippen LogP contribution is 2.59. The highest BCUT2D eigenvalue weighted by atomic mass is 35.5. The number of allylic oxidation sites excluding steroid dienone is 2. The first-order chi connectivity index (χ1) is 26.4. The molecule has 2 aliphatic heterocycles. The third kappa shape index (κ3) is 6.40. The van der Waals surface area contributed by atoms with Gasteiger partial charge < -0.3 is 9.84 Å². The van der Waals surface area contributed by atoms with E-state index in [4.69, 9.17) is 27.9 Å². The largest absolute Gasteiger partial charge is 0.491 e. The molecule has 3 fully saturated rings. The van der Waals surface area contributed by atoms with Crippen LogP contribution < -0.4 is 14.8 Å². The minimum atomic E-state index is -4.88. The molecule has 12 nitrogen and oxygen atoms in total. The molecule has 0 bridgehead atoms. The summed E-state index contributed by atoms with van der Waals surface area (Å²) < 4.78 is 87.7. The molecule has 4 amide bonds. The Balaban J connectivity index is 1.31. The Kier molecular flexibility index (Phi) is 9.98. The number of rotatable bonds is 8. The number of alkyl halides is 6. The van der Waals surface area contributed by atoms with E-state index in [0.29, 0.717) is 33.3 Å². The fourth-order valence-electron chi connectivity index (χ4n) is 8.34. The number of pyridine rings is 2. The minimum absolute atomic E-state index is 0.0295. The summed E-state index contributed by atoms with van der Waals surface area (Å²) in [6.45, 7) is -0.515. The molecule has 1 saturated carbocycles. The quantitative estimate of drug-likeness (QED) is 0.165. The highest BCUT2D eigenvalue weighted by molar-refractivity contribution is 6.33. The second kappa shape index (κ2) is 14.2. The number of benzene rings is 1. The van der Waals surface area contributed by atoms with Crippen molar-refractivity contribution in [3.05, 3.63) is 87.2 Å². The second-order valence-electron chi connectivity index (χ2n) is 13.7. The van der Waals surface area contributed by atoms with Crippen molar-refractivity contribution in [3.8, 4) is 5.75 Å². The van der Waals surface area contributed by atoms with Crippen LogP contribution in [0.15, 0.2) is 60.2 Å². The van der Waals surface area contributed by atoms with Crippen molar-refractivity contribution in [1.82, 2.24) is 20.0 Å². The van der Waals surface area contributed by atoms with Gasteiger partial charge in [0.2, 0.25) is 0 Å². The number of carbonyl (C=O) groups excluding carboxylic acids is 4. The van der Waals surface area contributed by atoms with Gasteiger partial charge in [-0.15, -0.1) is 0 Å². The first-order valence-corrected chi connectivity index (χ1v) is 17.8. The molecule has 2 saturated heterocycles. The maximum absolute atomic E-state index is 14.5. The lowest BCUT2D eigenvalue weighted by atomic mass is 9.57. The van der Waals surface area contributed by atoms with Crippen LogP contribution in [0.5, 0.6) is 5.75 Å². The Morgan fingerprint density at radius 2 is 1.27 bits per heavy atom. The zero-order valence-corrected chi connectivity index (χ0v) is 30.7. The molecule has 56 heavy (non-hydrogen) atoms. The fraction of sp³-hybridized carbons (Fsp3) is 0.389. The number of para-hydroxylation sites is 1. The molecule has 4 aliphatic rings. The molecule has 2 aromatic heterocycles. The average Bonchev–Trinajstić information content (AvgIpc) is 3.55. The third-order valence-corrected chi connectivity index (χ3v) is 11.2. The van der Waals surface area contributed by atoms with Crippen molar-refractivity contribution in [2.24, 2.45) is 29.6 Å². The summed E-state index contributed by atoms with van der Waals surface area (Å²) in [5.74, 6) is -10.4. The molecule has 6 atom stereocenters. The number of amides is 4. The SMILES string of the molecule is CN(c1nc(C(F)(F)F)ccc1Cl)N1C(=O)C2CC=C3C(CC4C(=O)N(N(C)c5nc(C(F)(F)F)ccc5Cl)C(=O)C4C3c3ccccc3OCCO)C2C1=O. The number of anilines is 2. The predicted molar refractivity (Wildman–Crippen MR) is 186 cm³/mol. The first-order valence-electron chi connectivity index (χ1n) is 17.1. The van der Waals surface area contributed by atoms with Crippen LogP contribution in [0.25, 0.3) is 0 Å². The van der Waals surface area contributed by atoms with E-state index >= 15 is 0 Å². The van der Waals surface area contributed by atoms with Gasteiger partial charge in [0.25, 0.3) is 23.6 Å². The van der Waals surface area contributed by atoms with E-state index in [-0.39, 0.29) is 41.9 Å². The number of nitrogens with zero attached hydrogens (tertiary/aromatic N) is 6. The molecule has 1 N–H and O–H groups in total. The van der Waals surface area contributed by atoms with Gasteiger partial charge in [-0.3, -0.25) is 29.2 Å². The number of ether oxygens (including phenoxy) is 1. The molecule has 3 aromatic rings. The van der Waals surface area contributed by atoms with Crippen molar-refractivity contribution in [3.63, 3.8) is 0 Å². The Morgan fingerprint density at radius 3 is 1.80 bits per heavy atom. The number of aliphatic hydroxyl groups excluding tert-OH is 1. The number of hydrogen-bond donors (Lipinski definition) is 1. The summed E-state index contributed by atoms with van der Waals surface area (Å²) in [6.07, 6.45) is -8.24. The van der Waals surface area contributed by atoms with Crippen LogP contribution in [0.2, 0.25) is 10.0 Å². The van der Waals surface area contributed by atoms with Gasteiger partial charge in [0.1, 0.15) is 23.7 Å². The van der Waals surface area contributed by atoms with Gasteiger partial charge in [0.05, 0.1) is 40.3 Å². The van der Waals surface area contributed by atoms with Crippen molar-refractivity contribution >= 4 is 58.5 Å². The number of hydrazine groups is 2. The predicted octanol–water partition coefficient (Wildman–Crippen LogP) is 5.93. The summed E-state index contributed by atoms with van der Waals surface area (Å²) in [7, 11) is 2.33. The molecule has 296 valence electrons. The highest BCUT2D eigenvalue weighted by Gasteiger charge is 2.63. The number of halogens is 8. The second-order valence-corrected chi connectivity index (χ2v) is 14.5. The lowest BCUT2D eigenvalue weighted by Crippen LogP contribution is -2.46. The normalized spacial score (nSPS) is 24.9. The van der Waals surface area contributed by atoms with E-state index in [9.17, 15) is 50.6 Å². The number of fused-ring (bicyclic) bond motifs is 4. The Morgan fingerprint density at radius 1 is 0.750 bits per heavy atom. The molecular formula is C36H30Cl2F6N6O6. The smallest absolute Gasteiger partial charge is 0.433 e. The lowest BCUT2D eigenvalue weighted by molar-refractivity contribution is -0.143. The minimum Gasteiger partial charge on any atom is -0.491 e. The summed E-state index contributed by atoms with van der Waals surface area (Å²) in [5, 5.41) is 12.0. The molecular weight excluding hydrogens is 797 g/mol. The van der Waals surface area contributed by atoms with Crippen LogP contribution in [0.3, 0.4) is 0 Å². The number of carbonyl (C=O) groups is 4. The maximum atomic E-state index is 14.5. The van der Waals surface area contributed by atoms with Gasteiger partial charge >= 0.3 is 12.4 Å². The van der Waals surface area contributed by atoms with E-state index in [2.05, 4.69) is 9.97 Å². The number of hydrogen-bond acceptors (Lipinski definition) is 10. The molecule has 7 rings (SSSR count). The Bertz CT molecular complexity index is 2170. The van der Waals surface area contributed by atoms with Crippen molar-refractivity contribution in [2.75, 3.05) is 37.3 Å². The van der Waals surface area contributed by atoms with Crippen molar-refractivity contribution < 1.29 is 55.4 Å². The van der Waals surface area contributed by atoms with Gasteiger partial charge in [-0.25, -0.2) is 9.97 Å². The molecule has 0 radical (unpaired) electrons. The molecule has 2 aliphatic carbocycles. The topological polar surface area (TPSA) is 136 Å². The standard InChI is InChI=1S/C36H30Cl2F6N6O6/c1-47(29-21(37)9-11-24(45-29)35(39,40)41)49-31(52)18-8-7-16-19(27(18)33(49)54)15-20-28(26(16)17-5-3-4-6-23(17)56-14-13-51)34(55)50(32(20)53)48(2)30-22(38)10-12-25(46-30)36(42,43)44/h3-7,9-12,18-20,26-28,51H,8,13-15H2,1-2H3. The van der Waals surface area contributed by atoms with E-state index < -0.39 is 94.5 Å². The van der Waals surface area contributed by atoms with Crippen LogP contribution >= 0.6 is 23.2 Å². The number of aliphatic hydroxyl groups is 1. The molecule has 20 heteroatoms. The van der Waals surface area contributed by atoms with E-state index in [1.165, 1.54) is 7.05 Å². The van der Waals surface area contributed by atoms with Gasteiger partial charge in [-0.05, 0) is 49.1 Å². The van der Waals surface area contributed by atoms with Gasteiger partial charge in [-0.1, -0.05) is 53.1 Å². The van der Waals surface area contributed by atoms with Crippen LogP contribution in [-0.2, 0) is 31.5 Å². The average molecular weight is 828 g/mol. The van der Waals surface area contributed by atoms with Crippen LogP contribution in [0, 0.1) is 29.6 Å². The third-order valence-electron chi connectivity index (χ3n) is 10.7. The Labute approximate surface area is 324 Å². The van der Waals surface area contributed by atoms with E-state index in [1.807, 2.05) is 0 Å². The molecule has 6 unspecified atom stereocenters. The molecule has 4 heterocycles. The zero-order chi connectivity index (χ0) is 40.6. The van der Waals surface area contributed by atoms with Crippen LogP contribution in [0.4, 0.5) is 38.0 Å². The van der Waals surface area contributed by atoms with E-state index in [1.54, 1.807) is 30.3 Å². The summed E-state index contributed by atoms with van der Waals surface area (Å²) in [5.41, 5.74) is -1.73. The first kappa shape index (κ1) is 39.3. The van der Waals surface area contributed by atoms with Crippen molar-refractivity contribution in [1.29, 1.82) is 0 Å². The monoisotopic (exact) mass is 826 g/mol. The summed E-state index contributed by atoms with van der Waals surface area (Å²) in [6, 6.07) is 9.70. The molecule has 0 spiro atoms. The van der Waals surface area contributed by atoms with Gasteiger partial charge in [-0.2, -0.15) is 36.4 Å². The van der Waals surface area contributed by atoms with Crippen molar-refractivity contribution in [2.45, 2.75) is 31.1 Å². The summed E-state index contributed by atoms with van der Waals surface area (Å²) in [4.78, 5) is 64.6. The molecule has 1 aromatic carbocycles. The van der Waals surface area contributed by atoms with Gasteiger partial charge in [0, 0.05) is 25.6 Å². The zero-order valence-electron chi connectivity index (χ0n) is 29.2. The lowest BCUT2D eigenvalue weighted by Gasteiger charge is -2.44. The van der Waals surface area contributed by atoms with Crippen LogP contribution in [-0.4, -0.2) is 76.0 Å². The summed E-state index contributed by atoms with van der Waals surface area (Å²) >= 11 is 12.5. The fourth-order valence-corrected chi connectivity index (χ4v) is 8.80.